The van der Waals surface area contributed by atoms with Gasteiger partial charge in [0.15, 0.2) is 5.69 Å². The van der Waals surface area contributed by atoms with Crippen LogP contribution in [0.15, 0.2) is 24.3 Å². The fraction of sp³-hybridized carbons (Fsp3) is 0.267. The zero-order valence-electron chi connectivity index (χ0n) is 12.2. The van der Waals surface area contributed by atoms with Crippen molar-refractivity contribution in [2.75, 3.05) is 6.54 Å². The van der Waals surface area contributed by atoms with Gasteiger partial charge in [0.05, 0.1) is 12.2 Å². The third kappa shape index (κ3) is 2.72. The van der Waals surface area contributed by atoms with Gasteiger partial charge in [-0.15, -0.1) is 0 Å². The average Bonchev–Trinajstić information content (AvgIpc) is 2.93. The van der Waals surface area contributed by atoms with Crippen molar-refractivity contribution >= 4 is 12.4 Å². The highest BCUT2D eigenvalue weighted by Crippen LogP contribution is 2.36. The van der Waals surface area contributed by atoms with Crippen LogP contribution in [0.25, 0.3) is 11.4 Å². The molecule has 2 aromatic rings. The molecule has 1 aromatic heterocycles. The Bertz CT molecular complexity index is 797. The maximum Gasteiger partial charge on any atom is 0.435 e. The maximum absolute atomic E-state index is 13.3. The molecule has 0 saturated carbocycles. The van der Waals surface area contributed by atoms with E-state index in [2.05, 4.69) is 4.98 Å². The number of aldehydes is 1. The number of carbonyl (C=O) groups excluding carboxylic acids is 1. The van der Waals surface area contributed by atoms with Crippen molar-refractivity contribution in [3.63, 3.8) is 0 Å². The second kappa shape index (κ2) is 5.66. The summed E-state index contributed by atoms with van der Waals surface area (Å²) in [4.78, 5) is 26.4. The molecule has 3 rings (SSSR count). The molecular weight excluding hydrogens is 327 g/mol. The third-order valence-corrected chi connectivity index (χ3v) is 3.85. The van der Waals surface area contributed by atoms with E-state index in [1.807, 2.05) is 0 Å². The van der Waals surface area contributed by atoms with Crippen molar-refractivity contribution in [1.82, 2.24) is 14.5 Å². The molecule has 0 saturated heterocycles. The van der Waals surface area contributed by atoms with Crippen molar-refractivity contribution in [2.45, 2.75) is 19.3 Å². The van der Waals surface area contributed by atoms with E-state index < -0.39 is 18.0 Å². The smallest absolute Gasteiger partial charge is 0.435 e. The predicted molar refractivity (Wildman–Crippen MR) is 76.5 cm³/mol. The normalized spacial score (nSPS) is 14.4. The molecule has 24 heavy (non-hydrogen) atoms. The van der Waals surface area contributed by atoms with E-state index in [4.69, 9.17) is 5.11 Å². The Morgan fingerprint density at radius 2 is 1.88 bits per heavy atom. The maximum atomic E-state index is 13.3. The van der Waals surface area contributed by atoms with Crippen LogP contribution >= 0.6 is 0 Å². The fourth-order valence-corrected chi connectivity index (χ4v) is 2.69. The summed E-state index contributed by atoms with van der Waals surface area (Å²) >= 11 is 0. The highest BCUT2D eigenvalue weighted by Gasteiger charge is 2.41. The Morgan fingerprint density at radius 1 is 1.21 bits per heavy atom. The van der Waals surface area contributed by atoms with E-state index in [-0.39, 0.29) is 31.2 Å². The summed E-state index contributed by atoms with van der Waals surface area (Å²) in [5.41, 5.74) is -0.424. The molecule has 126 valence electrons. The Morgan fingerprint density at radius 3 is 2.42 bits per heavy atom. The Hall–Kier alpha value is -2.84. The second-order valence-corrected chi connectivity index (χ2v) is 5.32. The lowest BCUT2D eigenvalue weighted by Gasteiger charge is -2.27. The number of benzene rings is 1. The zero-order valence-corrected chi connectivity index (χ0v) is 12.2. The minimum Gasteiger partial charge on any atom is -0.465 e. The van der Waals surface area contributed by atoms with Gasteiger partial charge in [-0.05, 0) is 0 Å². The van der Waals surface area contributed by atoms with Crippen LogP contribution in [-0.4, -0.2) is 38.5 Å². The van der Waals surface area contributed by atoms with Crippen LogP contribution in [-0.2, 0) is 19.3 Å². The lowest BCUT2D eigenvalue weighted by atomic mass is 10.1. The van der Waals surface area contributed by atoms with Crippen molar-refractivity contribution in [2.24, 2.45) is 0 Å². The van der Waals surface area contributed by atoms with Gasteiger partial charge >= 0.3 is 12.3 Å². The molecule has 0 fully saturated rings. The molecule has 1 aromatic carbocycles. The van der Waals surface area contributed by atoms with Crippen molar-refractivity contribution < 1.29 is 27.9 Å². The SMILES string of the molecule is O=Cc1ccc(-c2nc(C(F)(F)F)c3n2CCN(C(=O)O)C3)cc1. The quantitative estimate of drug-likeness (QED) is 0.854. The molecule has 2 heterocycles. The van der Waals surface area contributed by atoms with Gasteiger partial charge in [-0.3, -0.25) is 4.79 Å². The number of halogens is 3. The number of nitrogens with zero attached hydrogens (tertiary/aromatic N) is 3. The number of aromatic nitrogens is 2. The highest BCUT2D eigenvalue weighted by molar-refractivity contribution is 5.76. The minimum atomic E-state index is -4.68. The first-order chi connectivity index (χ1) is 11.3. The van der Waals surface area contributed by atoms with E-state index in [0.717, 1.165) is 4.90 Å². The topological polar surface area (TPSA) is 75.4 Å². The number of carboxylic acid groups (broad SMARTS) is 1. The van der Waals surface area contributed by atoms with E-state index in [0.29, 0.717) is 17.4 Å². The second-order valence-electron chi connectivity index (χ2n) is 5.32. The fourth-order valence-electron chi connectivity index (χ4n) is 2.69. The summed E-state index contributed by atoms with van der Waals surface area (Å²) in [6.45, 7) is -0.214. The summed E-state index contributed by atoms with van der Waals surface area (Å²) in [5, 5.41) is 9.02. The van der Waals surface area contributed by atoms with E-state index in [9.17, 15) is 22.8 Å². The Balaban J connectivity index is 2.11. The molecule has 1 N–H and O–H groups in total. The van der Waals surface area contributed by atoms with Crippen LogP contribution in [0.5, 0.6) is 0 Å². The highest BCUT2D eigenvalue weighted by atomic mass is 19.4. The Kier molecular flexibility index (Phi) is 3.78. The third-order valence-electron chi connectivity index (χ3n) is 3.85. The lowest BCUT2D eigenvalue weighted by Crippen LogP contribution is -2.38. The predicted octanol–water partition coefficient (Wildman–Crippen LogP) is 2.88. The molecule has 9 heteroatoms. The summed E-state index contributed by atoms with van der Waals surface area (Å²) in [5.74, 6) is 0.111. The number of alkyl halides is 3. The molecular formula is C15H12F3N3O3. The first-order valence-electron chi connectivity index (χ1n) is 7.01. The average molecular weight is 339 g/mol. The molecule has 0 radical (unpaired) electrons. The van der Waals surface area contributed by atoms with Crippen molar-refractivity contribution in [3.8, 4) is 11.4 Å². The number of hydrogen-bond acceptors (Lipinski definition) is 3. The van der Waals surface area contributed by atoms with Gasteiger partial charge < -0.3 is 14.6 Å². The minimum absolute atomic E-state index is 0.0788. The number of amides is 1. The van der Waals surface area contributed by atoms with Gasteiger partial charge in [0.2, 0.25) is 0 Å². The summed E-state index contributed by atoms with van der Waals surface area (Å²) in [6.07, 6.45) is -5.32. The number of imidazole rings is 1. The van der Waals surface area contributed by atoms with Crippen LogP contribution in [0.1, 0.15) is 21.7 Å². The summed E-state index contributed by atoms with van der Waals surface area (Å²) < 4.78 is 41.2. The zero-order chi connectivity index (χ0) is 17.5. The molecule has 0 unspecified atom stereocenters. The van der Waals surface area contributed by atoms with Gasteiger partial charge in [-0.1, -0.05) is 24.3 Å². The van der Waals surface area contributed by atoms with Gasteiger partial charge in [-0.25, -0.2) is 9.78 Å². The molecule has 0 aliphatic carbocycles. The summed E-state index contributed by atoms with van der Waals surface area (Å²) in [6, 6.07) is 6.01. The first kappa shape index (κ1) is 16.0. The van der Waals surface area contributed by atoms with E-state index >= 15 is 0 Å². The molecule has 6 nitrogen and oxygen atoms in total. The van der Waals surface area contributed by atoms with Crippen molar-refractivity contribution in [3.05, 3.63) is 41.2 Å². The van der Waals surface area contributed by atoms with Gasteiger partial charge in [0.1, 0.15) is 12.1 Å². The van der Waals surface area contributed by atoms with Crippen LogP contribution in [0.3, 0.4) is 0 Å². The lowest BCUT2D eigenvalue weighted by molar-refractivity contribution is -0.142. The van der Waals surface area contributed by atoms with Crippen LogP contribution in [0.4, 0.5) is 18.0 Å². The van der Waals surface area contributed by atoms with E-state index in [1.54, 1.807) is 0 Å². The van der Waals surface area contributed by atoms with Crippen LogP contribution in [0, 0.1) is 0 Å². The summed E-state index contributed by atoms with van der Waals surface area (Å²) in [7, 11) is 0. The largest absolute Gasteiger partial charge is 0.465 e. The number of carbonyl (C=O) groups is 2. The van der Waals surface area contributed by atoms with Gasteiger partial charge in [0.25, 0.3) is 0 Å². The van der Waals surface area contributed by atoms with Gasteiger partial charge in [0, 0.05) is 24.2 Å². The number of fused-ring (bicyclic) bond motifs is 1. The monoisotopic (exact) mass is 339 g/mol. The number of rotatable bonds is 2. The van der Waals surface area contributed by atoms with Crippen molar-refractivity contribution in [1.29, 1.82) is 0 Å². The first-order valence-corrected chi connectivity index (χ1v) is 7.01. The molecule has 0 bridgehead atoms. The molecule has 1 aliphatic heterocycles. The number of hydrogen-bond donors (Lipinski definition) is 1. The molecule has 0 spiro atoms. The van der Waals surface area contributed by atoms with Crippen LogP contribution in [0.2, 0.25) is 0 Å². The van der Waals surface area contributed by atoms with E-state index in [1.165, 1.54) is 28.8 Å². The molecule has 1 amide bonds. The Labute approximate surface area is 134 Å². The molecule has 1 aliphatic rings. The molecule has 0 atom stereocenters. The van der Waals surface area contributed by atoms with Gasteiger partial charge in [-0.2, -0.15) is 13.2 Å². The standard InChI is InChI=1S/C15H12F3N3O3/c16-15(17,18)12-11-7-20(14(23)24)5-6-21(11)13(19-12)10-3-1-9(8-22)2-4-10/h1-4,8H,5-7H2,(H,23,24). The van der Waals surface area contributed by atoms with Crippen LogP contribution < -0.4 is 0 Å².